The smallest absolute Gasteiger partial charge is 0.321 e. The van der Waals surface area contributed by atoms with E-state index in [1.54, 1.807) is 23.1 Å². The number of amides is 2. The molecule has 2 amide bonds. The van der Waals surface area contributed by atoms with Gasteiger partial charge >= 0.3 is 6.03 Å². The molecule has 9 heteroatoms. The van der Waals surface area contributed by atoms with Crippen LogP contribution in [0.25, 0.3) is 11.4 Å². The lowest BCUT2D eigenvalue weighted by molar-refractivity contribution is 0.184. The summed E-state index contributed by atoms with van der Waals surface area (Å²) >= 11 is 15.7. The number of hydrogen-bond acceptors (Lipinski definition) is 4. The van der Waals surface area contributed by atoms with Gasteiger partial charge in [-0.2, -0.15) is 4.98 Å². The van der Waals surface area contributed by atoms with Crippen LogP contribution >= 0.6 is 39.1 Å². The van der Waals surface area contributed by atoms with Gasteiger partial charge in [0.15, 0.2) is 0 Å². The van der Waals surface area contributed by atoms with E-state index in [9.17, 15) is 4.79 Å². The van der Waals surface area contributed by atoms with Crippen LogP contribution in [0.4, 0.5) is 10.5 Å². The zero-order valence-corrected chi connectivity index (χ0v) is 18.3. The molecule has 1 saturated heterocycles. The molecule has 6 nitrogen and oxygen atoms in total. The van der Waals surface area contributed by atoms with Gasteiger partial charge in [-0.3, -0.25) is 0 Å². The zero-order valence-electron chi connectivity index (χ0n) is 15.2. The summed E-state index contributed by atoms with van der Waals surface area (Å²) in [7, 11) is 0. The van der Waals surface area contributed by atoms with Crippen LogP contribution in [-0.2, 0) is 0 Å². The molecule has 1 unspecified atom stereocenters. The average molecular weight is 496 g/mol. The third-order valence-electron chi connectivity index (χ3n) is 4.80. The van der Waals surface area contributed by atoms with Gasteiger partial charge in [0, 0.05) is 23.1 Å². The number of likely N-dealkylation sites (tertiary alicyclic amines) is 1. The minimum atomic E-state index is -0.252. The van der Waals surface area contributed by atoms with Gasteiger partial charge in [0.1, 0.15) is 0 Å². The molecule has 0 bridgehead atoms. The minimum Gasteiger partial charge on any atom is -0.339 e. The second-order valence-electron chi connectivity index (χ2n) is 6.78. The second-order valence-corrected chi connectivity index (χ2v) is 8.51. The number of nitrogens with zero attached hydrogens (tertiary/aromatic N) is 3. The van der Waals surface area contributed by atoms with E-state index < -0.39 is 0 Å². The molecule has 0 aliphatic carbocycles. The maximum Gasteiger partial charge on any atom is 0.321 e. The largest absolute Gasteiger partial charge is 0.339 e. The predicted molar refractivity (Wildman–Crippen MR) is 116 cm³/mol. The first-order chi connectivity index (χ1) is 14.0. The molecular weight excluding hydrogens is 479 g/mol. The number of rotatable bonds is 3. The molecule has 0 saturated carbocycles. The molecule has 0 spiro atoms. The van der Waals surface area contributed by atoms with Gasteiger partial charge < -0.3 is 14.7 Å². The van der Waals surface area contributed by atoms with E-state index in [2.05, 4.69) is 31.4 Å². The number of nitrogens with one attached hydrogen (secondary N) is 1. The number of carbonyl (C=O) groups is 1. The number of benzene rings is 2. The molecule has 2 aromatic carbocycles. The summed E-state index contributed by atoms with van der Waals surface area (Å²) in [5, 5.41) is 7.70. The summed E-state index contributed by atoms with van der Waals surface area (Å²) in [6, 6.07) is 12.6. The first kappa shape index (κ1) is 20.2. The fraction of sp³-hybridized carbons (Fsp3) is 0.250. The van der Waals surface area contributed by atoms with Crippen molar-refractivity contribution in [3.8, 4) is 11.4 Å². The first-order valence-corrected chi connectivity index (χ1v) is 10.7. The highest BCUT2D eigenvalue weighted by molar-refractivity contribution is 9.10. The van der Waals surface area contributed by atoms with Crippen LogP contribution in [0.3, 0.4) is 0 Å². The van der Waals surface area contributed by atoms with Crippen molar-refractivity contribution in [3.63, 3.8) is 0 Å². The monoisotopic (exact) mass is 494 g/mol. The number of hydrogen-bond donors (Lipinski definition) is 1. The molecule has 29 heavy (non-hydrogen) atoms. The molecule has 1 atom stereocenters. The van der Waals surface area contributed by atoms with E-state index in [0.29, 0.717) is 40.5 Å². The van der Waals surface area contributed by atoms with Crippen LogP contribution in [0.2, 0.25) is 10.0 Å². The van der Waals surface area contributed by atoms with Gasteiger partial charge in [-0.1, -0.05) is 50.4 Å². The molecule has 1 aliphatic rings. The van der Waals surface area contributed by atoms with Crippen molar-refractivity contribution in [2.75, 3.05) is 18.4 Å². The highest BCUT2D eigenvalue weighted by Crippen LogP contribution is 2.32. The molecule has 4 rings (SSSR count). The normalized spacial score (nSPS) is 16.7. The highest BCUT2D eigenvalue weighted by Gasteiger charge is 2.29. The van der Waals surface area contributed by atoms with Crippen molar-refractivity contribution in [1.29, 1.82) is 0 Å². The Labute approximate surface area is 186 Å². The molecule has 3 aromatic rings. The highest BCUT2D eigenvalue weighted by atomic mass is 79.9. The lowest BCUT2D eigenvalue weighted by atomic mass is 9.98. The fourth-order valence-corrected chi connectivity index (χ4v) is 4.04. The van der Waals surface area contributed by atoms with Crippen LogP contribution in [0.1, 0.15) is 24.7 Å². The number of carbonyl (C=O) groups excluding carboxylic acids is 1. The van der Waals surface area contributed by atoms with E-state index in [-0.39, 0.29) is 11.9 Å². The fourth-order valence-electron chi connectivity index (χ4n) is 3.28. The predicted octanol–water partition coefficient (Wildman–Crippen LogP) is 6.22. The van der Waals surface area contributed by atoms with Crippen LogP contribution in [0.15, 0.2) is 51.5 Å². The summed E-state index contributed by atoms with van der Waals surface area (Å²) in [6.45, 7) is 1.12. The van der Waals surface area contributed by atoms with Gasteiger partial charge in [0.2, 0.25) is 11.7 Å². The van der Waals surface area contributed by atoms with Crippen molar-refractivity contribution < 1.29 is 9.32 Å². The summed E-state index contributed by atoms with van der Waals surface area (Å²) in [4.78, 5) is 19.0. The number of urea groups is 1. The molecule has 0 radical (unpaired) electrons. The topological polar surface area (TPSA) is 71.3 Å². The summed E-state index contributed by atoms with van der Waals surface area (Å²) < 4.78 is 6.48. The van der Waals surface area contributed by atoms with Crippen molar-refractivity contribution in [2.45, 2.75) is 18.8 Å². The van der Waals surface area contributed by atoms with Gasteiger partial charge in [0.25, 0.3) is 0 Å². The lowest BCUT2D eigenvalue weighted by Gasteiger charge is -2.31. The van der Waals surface area contributed by atoms with Crippen molar-refractivity contribution >= 4 is 50.9 Å². The van der Waals surface area contributed by atoms with E-state index in [1.165, 1.54) is 0 Å². The molecule has 1 fully saturated rings. The van der Waals surface area contributed by atoms with Gasteiger partial charge in [-0.05, 0) is 49.2 Å². The SMILES string of the molecule is O=C(Nc1c(Cl)cccc1Cl)N1CCCC(c2nc(-c3ccc(Br)cc3)no2)C1. The zero-order chi connectivity index (χ0) is 20.4. The molecular formula is C20H17BrCl2N4O2. The Morgan fingerprint density at radius 1 is 1.17 bits per heavy atom. The van der Waals surface area contributed by atoms with Crippen LogP contribution in [0, 0.1) is 0 Å². The minimum absolute atomic E-state index is 0.0204. The Morgan fingerprint density at radius 2 is 1.90 bits per heavy atom. The van der Waals surface area contributed by atoms with Crippen LogP contribution in [0.5, 0.6) is 0 Å². The second kappa shape index (κ2) is 8.73. The maximum absolute atomic E-state index is 12.7. The Balaban J connectivity index is 1.46. The summed E-state index contributed by atoms with van der Waals surface area (Å²) in [6.07, 6.45) is 1.71. The van der Waals surface area contributed by atoms with Gasteiger partial charge in [-0.15, -0.1) is 0 Å². The number of aromatic nitrogens is 2. The van der Waals surface area contributed by atoms with Crippen LogP contribution in [-0.4, -0.2) is 34.2 Å². The van der Waals surface area contributed by atoms with Gasteiger partial charge in [-0.25, -0.2) is 4.79 Å². The molecule has 150 valence electrons. The van der Waals surface area contributed by atoms with Crippen molar-refractivity contribution in [3.05, 3.63) is 62.9 Å². The number of anilines is 1. The van der Waals surface area contributed by atoms with E-state index in [0.717, 1.165) is 22.9 Å². The number of halogens is 3. The molecule has 1 aliphatic heterocycles. The van der Waals surface area contributed by atoms with E-state index in [1.807, 2.05) is 24.3 Å². The third kappa shape index (κ3) is 4.57. The Kier molecular flexibility index (Phi) is 6.08. The Bertz CT molecular complexity index is 1010. The standard InChI is InChI=1S/C20H17BrCl2N4O2/c21-14-8-6-12(7-9-14)18-25-19(29-26-18)13-3-2-10-27(11-13)20(28)24-17-15(22)4-1-5-16(17)23/h1,4-9,13H,2-3,10-11H2,(H,24,28). The number of para-hydroxylation sites is 1. The summed E-state index contributed by atoms with van der Waals surface area (Å²) in [5.41, 5.74) is 1.29. The third-order valence-corrected chi connectivity index (χ3v) is 5.96. The summed E-state index contributed by atoms with van der Waals surface area (Å²) in [5.74, 6) is 1.06. The van der Waals surface area contributed by atoms with E-state index >= 15 is 0 Å². The molecule has 1 aromatic heterocycles. The van der Waals surface area contributed by atoms with Gasteiger partial charge in [0.05, 0.1) is 21.7 Å². The van der Waals surface area contributed by atoms with Crippen molar-refractivity contribution in [2.24, 2.45) is 0 Å². The van der Waals surface area contributed by atoms with E-state index in [4.69, 9.17) is 27.7 Å². The van der Waals surface area contributed by atoms with Crippen LogP contribution < -0.4 is 5.32 Å². The average Bonchev–Trinajstić information content (AvgIpc) is 3.22. The maximum atomic E-state index is 12.7. The first-order valence-electron chi connectivity index (χ1n) is 9.11. The number of piperidine rings is 1. The molecule has 2 heterocycles. The lowest BCUT2D eigenvalue weighted by Crippen LogP contribution is -2.41. The van der Waals surface area contributed by atoms with Crippen molar-refractivity contribution in [1.82, 2.24) is 15.0 Å². The Morgan fingerprint density at radius 3 is 2.62 bits per heavy atom. The Hall–Kier alpha value is -2.09. The quantitative estimate of drug-likeness (QED) is 0.468. The molecule has 1 N–H and O–H groups in total.